The Morgan fingerprint density at radius 3 is 0.975 bits per heavy atom. The molecule has 6 aromatic carbocycles. The number of hydrogen-bond acceptors (Lipinski definition) is 23. The van der Waals surface area contributed by atoms with Crippen LogP contribution in [-0.4, -0.2) is 179 Å². The summed E-state index contributed by atoms with van der Waals surface area (Å²) >= 11 is 0. The van der Waals surface area contributed by atoms with Crippen LogP contribution in [0, 0.1) is 34.6 Å². The highest BCUT2D eigenvalue weighted by molar-refractivity contribution is 5.90. The van der Waals surface area contributed by atoms with E-state index in [1.54, 1.807) is 62.0 Å². The largest absolute Gasteiger partial charge is 0.359 e. The molecule has 10 aliphatic heterocycles. The SMILES string of the molecule is Cc1c(N2C=CN(C)[C@@H]2C)cccc1N1c2ncccc2N(C)[C@H]1C.Cc1c(N2C=CN(C)[C@H]2C)ncnc1N1C=CN(C)[C@@H]1C.[2H]C([2H])([2H])C([2H])(C)N1C=CN(c2cccc(N3C=CN(C([2H])(C([2H])([2H])[2H])C([2H])([2H])[2H])[C@@H]3C)c2C)[C@@H]1C.[2H]C([2H])([2H])N1C=CN(c2cccc(N3C=CN(C)[C@H]3C)c2C)[C@H]1C.[2H]C([2H])([2H])N1c2ccccc2N(c2cccc(N3c4ccccc4N(C)[C@H]3C)c2C)[C@H]1C. The van der Waals surface area contributed by atoms with E-state index in [9.17, 15) is 0 Å². The molecule has 2 aromatic heterocycles. The van der Waals surface area contributed by atoms with E-state index in [0.717, 1.165) is 84.4 Å². The number of hydrogen-bond donors (Lipinski definition) is 0. The standard InChI is InChI=1S/C25H28N4.C21H32N4.C20H25N5.C17H24N4.C15H22N6/c1-17-20(28-18(2)26(4)22-11-6-8-13-24(22)28)15-10-16-21(17)29-19(3)27(5)23-12-7-9-14-25(23)29;1-15(2)22-11-13-24(18(22)6)20-9-8-10-21(17(20)5)25-14-12-23(16(3)4)19(25)7;1-14-17(24-13-12-22(4)15(24)2)8-6-9-18(14)25-16(3)23(5)19-10-7-11-21-20(19)25;1-13-16(20-11-9-18(4)14(20)2)7-6-8-17(13)21-12-10-19(5)15(21)3;1-11-14(20-8-6-18(4)12(20)2)16-10-17-15(11)21-9-7-19(5)13(21)3/h6-16,18-19H,1-5H3;8-16,18-19H,1-7H3;6-13,15-16H,1-5H3;6-12,14-15H,1-5H3;6-10,12-13H,1-5H3/t2*18-,19+;15-,16+;14-,15+;12-,13+/m..0../s1/i4D3;1D3,2D3,3D3,15D,16D;;4D3;/tm;16?,18-,19+;;m;/m00.0./s1. The third-order valence-electron chi connectivity index (χ3n) is 25.7. The monoisotopic (exact) mass is 1650 g/mol. The summed E-state index contributed by atoms with van der Waals surface area (Å²) in [4.78, 5) is 53.7. The third kappa shape index (κ3) is 15.6. The molecule has 11 atom stereocenters. The van der Waals surface area contributed by atoms with Gasteiger partial charge in [0.05, 0.1) is 31.2 Å². The number of pyridine rings is 1. The summed E-state index contributed by atoms with van der Waals surface area (Å²) in [6.07, 6.45) is 29.5. The van der Waals surface area contributed by atoms with Crippen molar-refractivity contribution in [3.8, 4) is 0 Å². The van der Waals surface area contributed by atoms with Gasteiger partial charge < -0.3 is 98.0 Å². The van der Waals surface area contributed by atoms with Crippen molar-refractivity contribution in [2.75, 3.05) is 120 Å². The number of nitrogens with zero attached hydrogens (tertiary/aromatic N) is 23. The molecule has 0 saturated heterocycles. The zero-order valence-electron chi connectivity index (χ0n) is 91.0. The first-order valence-corrected chi connectivity index (χ1v) is 41.6. The van der Waals surface area contributed by atoms with Gasteiger partial charge in [-0.2, -0.15) is 0 Å². The Kier molecular flexibility index (Phi) is 18.9. The molecule has 0 radical (unpaired) electrons. The van der Waals surface area contributed by atoms with Crippen molar-refractivity contribution in [1.82, 2.24) is 49.3 Å². The summed E-state index contributed by atoms with van der Waals surface area (Å²) in [5.41, 5.74) is 18.8. The van der Waals surface area contributed by atoms with Gasteiger partial charge in [-0.1, -0.05) is 48.5 Å². The molecule has 0 spiro atoms. The molecule has 12 heterocycles. The van der Waals surface area contributed by atoms with Gasteiger partial charge in [-0.05, 0) is 239 Å². The molecule has 18 rings (SSSR count). The second-order valence-electron chi connectivity index (χ2n) is 32.4. The van der Waals surface area contributed by atoms with Crippen molar-refractivity contribution in [1.29, 1.82) is 0 Å². The van der Waals surface area contributed by atoms with Gasteiger partial charge in [-0.25, -0.2) is 15.0 Å². The zero-order valence-corrected chi connectivity index (χ0v) is 74.0. The molecule has 0 amide bonds. The number of anilines is 16. The van der Waals surface area contributed by atoms with Crippen LogP contribution in [0.3, 0.4) is 0 Å². The van der Waals surface area contributed by atoms with Crippen LogP contribution in [0.15, 0.2) is 233 Å². The van der Waals surface area contributed by atoms with Crippen molar-refractivity contribution in [3.05, 3.63) is 261 Å². The lowest BCUT2D eigenvalue weighted by Crippen LogP contribution is -2.41. The van der Waals surface area contributed by atoms with Gasteiger partial charge in [0, 0.05) is 233 Å². The van der Waals surface area contributed by atoms with Gasteiger partial charge in [-0.15, -0.1) is 0 Å². The molecule has 23 heteroatoms. The maximum Gasteiger partial charge on any atom is 0.158 e. The van der Waals surface area contributed by atoms with Crippen LogP contribution in [-0.2, 0) is 0 Å². The van der Waals surface area contributed by atoms with E-state index in [4.69, 9.17) is 23.3 Å². The maximum atomic E-state index is 8.53. The molecule has 0 fully saturated rings. The van der Waals surface area contributed by atoms with Crippen molar-refractivity contribution < 1.29 is 23.3 Å². The second-order valence-corrected chi connectivity index (χ2v) is 32.4. The van der Waals surface area contributed by atoms with Crippen LogP contribution in [0.25, 0.3) is 0 Å². The van der Waals surface area contributed by atoms with Gasteiger partial charge in [0.1, 0.15) is 79.6 Å². The smallest absolute Gasteiger partial charge is 0.158 e. The predicted molar refractivity (Wildman–Crippen MR) is 509 cm³/mol. The molecule has 121 heavy (non-hydrogen) atoms. The fourth-order valence-electron chi connectivity index (χ4n) is 17.5. The Morgan fingerprint density at radius 2 is 0.570 bits per heavy atom. The van der Waals surface area contributed by atoms with Gasteiger partial charge >= 0.3 is 0 Å². The van der Waals surface area contributed by atoms with Gasteiger partial charge in [-0.3, -0.25) is 0 Å². The van der Waals surface area contributed by atoms with E-state index in [1.165, 1.54) is 61.8 Å². The Morgan fingerprint density at radius 1 is 0.264 bits per heavy atom. The highest BCUT2D eigenvalue weighted by atomic mass is 15.5. The predicted octanol–water partition coefficient (Wildman–Crippen LogP) is 19.5. The first kappa shape index (κ1) is 65.6. The lowest BCUT2D eigenvalue weighted by molar-refractivity contribution is 0.263. The average molecular weight is 1650 g/mol. The van der Waals surface area contributed by atoms with E-state index in [1.807, 2.05) is 91.5 Å². The minimum absolute atomic E-state index is 0.170. The fraction of sp³-hybridized carbons (Fsp3) is 0.398. The van der Waals surface area contributed by atoms with Crippen molar-refractivity contribution >= 4 is 91.4 Å². The minimum Gasteiger partial charge on any atom is -0.359 e. The summed E-state index contributed by atoms with van der Waals surface area (Å²) in [5.74, 6) is 2.95. The van der Waals surface area contributed by atoms with Crippen LogP contribution in [0.4, 0.5) is 91.4 Å². The van der Waals surface area contributed by atoms with Crippen molar-refractivity contribution in [2.45, 2.75) is 205 Å². The van der Waals surface area contributed by atoms with E-state index in [-0.39, 0.29) is 43.2 Å². The Bertz CT molecular complexity index is 5910. The molecular formula is C98H131N23. The summed E-state index contributed by atoms with van der Waals surface area (Å²) in [5, 5.41) is 0. The van der Waals surface area contributed by atoms with Gasteiger partial charge in [0.25, 0.3) is 0 Å². The van der Waals surface area contributed by atoms with Crippen LogP contribution >= 0.6 is 0 Å². The summed E-state index contributed by atoms with van der Waals surface area (Å²) < 4.78 is 134. The Labute approximate surface area is 746 Å². The van der Waals surface area contributed by atoms with Crippen LogP contribution in [0.1, 0.15) is 148 Å². The van der Waals surface area contributed by atoms with Crippen molar-refractivity contribution in [2.24, 2.45) is 0 Å². The first-order chi connectivity index (χ1) is 64.6. The van der Waals surface area contributed by atoms with E-state index < -0.39 is 58.9 Å². The molecule has 8 aromatic rings. The third-order valence-corrected chi connectivity index (χ3v) is 25.7. The molecule has 1 unspecified atom stereocenters. The quantitative estimate of drug-likeness (QED) is 0.116. The summed E-state index contributed by atoms with van der Waals surface area (Å²) in [7, 11) is 12.6. The van der Waals surface area contributed by atoms with E-state index in [0.29, 0.717) is 11.9 Å². The molecule has 23 nitrogen and oxygen atoms in total. The zero-order chi connectivity index (χ0) is 101. The maximum absolute atomic E-state index is 8.53. The number of benzene rings is 6. The Balaban J connectivity index is 0.000000139. The van der Waals surface area contributed by atoms with Gasteiger partial charge in [0.2, 0.25) is 0 Å². The second kappa shape index (κ2) is 34.8. The van der Waals surface area contributed by atoms with Gasteiger partial charge in [0.15, 0.2) is 5.82 Å². The molecule has 0 bridgehead atoms. The fourth-order valence-corrected chi connectivity index (χ4v) is 17.5. The summed E-state index contributed by atoms with van der Waals surface area (Å²) in [6, 6.07) is 40.1. The normalized spacial score (nSPS) is 25.9. The van der Waals surface area contributed by atoms with Crippen LogP contribution < -0.4 is 63.7 Å². The topological polar surface area (TPSA) is 103 Å². The molecule has 10 aliphatic rings. The lowest BCUT2D eigenvalue weighted by Gasteiger charge is -2.36. The minimum atomic E-state index is -3.10. The molecular weight excluding hydrogens is 1500 g/mol. The Hall–Kier alpha value is -12.3. The average Bonchev–Trinajstić information content (AvgIpc) is 1.48. The highest BCUT2D eigenvalue weighted by Crippen LogP contribution is 2.51. The highest BCUT2D eigenvalue weighted by Gasteiger charge is 2.40. The molecule has 0 aliphatic carbocycles. The number of para-hydroxylation sites is 4. The van der Waals surface area contributed by atoms with Crippen LogP contribution in [0.2, 0.25) is 0 Å². The summed E-state index contributed by atoms with van der Waals surface area (Å²) in [6.45, 7) is 19.0. The molecule has 0 saturated carbocycles. The van der Waals surface area contributed by atoms with E-state index in [2.05, 4.69) is 313 Å². The molecule has 638 valence electrons. The van der Waals surface area contributed by atoms with Crippen LogP contribution in [0.5, 0.6) is 0 Å². The first-order valence-electron chi connectivity index (χ1n) is 50.1. The number of aromatic nitrogens is 3. The van der Waals surface area contributed by atoms with E-state index >= 15 is 0 Å². The molecule has 0 N–H and O–H groups in total. The lowest BCUT2D eigenvalue weighted by atomic mass is 10.1. The number of rotatable bonds is 12. The van der Waals surface area contributed by atoms with Crippen molar-refractivity contribution in [3.63, 3.8) is 0 Å². The number of fused-ring (bicyclic) bond motifs is 3.